The zero-order valence-corrected chi connectivity index (χ0v) is 16.6. The van der Waals surface area contributed by atoms with E-state index in [1.807, 2.05) is 24.8 Å². The van der Waals surface area contributed by atoms with Crippen LogP contribution in [0.3, 0.4) is 0 Å². The fourth-order valence-corrected chi connectivity index (χ4v) is 4.24. The zero-order chi connectivity index (χ0) is 19.7. The molecule has 0 aliphatic carbocycles. The van der Waals surface area contributed by atoms with E-state index in [0.717, 1.165) is 55.8 Å². The van der Waals surface area contributed by atoms with Crippen LogP contribution < -0.4 is 10.6 Å². The summed E-state index contributed by atoms with van der Waals surface area (Å²) in [4.78, 5) is 31.6. The van der Waals surface area contributed by atoms with Gasteiger partial charge in [0, 0.05) is 31.9 Å². The van der Waals surface area contributed by atoms with Crippen molar-refractivity contribution >= 4 is 17.5 Å². The maximum atomic E-state index is 13.1. The number of amides is 2. The van der Waals surface area contributed by atoms with Crippen LogP contribution in [0.15, 0.2) is 12.3 Å². The Balaban J connectivity index is 1.40. The van der Waals surface area contributed by atoms with Crippen molar-refractivity contribution in [1.82, 2.24) is 30.1 Å². The van der Waals surface area contributed by atoms with Gasteiger partial charge < -0.3 is 15.5 Å². The molecule has 2 N–H and O–H groups in total. The molecular formula is C20H28N6O2. The Morgan fingerprint density at radius 3 is 2.93 bits per heavy atom. The number of nitrogens with one attached hydrogen (secondary N) is 2. The van der Waals surface area contributed by atoms with Crippen molar-refractivity contribution in [3.05, 3.63) is 29.2 Å². The molecule has 2 saturated heterocycles. The van der Waals surface area contributed by atoms with Gasteiger partial charge in [0.05, 0.1) is 23.0 Å². The van der Waals surface area contributed by atoms with Crippen LogP contribution in [-0.4, -0.2) is 63.5 Å². The number of likely N-dealkylation sites (tertiary alicyclic amines) is 1. The molecule has 2 fully saturated rings. The molecule has 0 aromatic carbocycles. The molecule has 0 spiro atoms. The van der Waals surface area contributed by atoms with Crippen molar-refractivity contribution in [3.63, 3.8) is 0 Å². The SMILES string of the molecule is Cc1cc2ncc(C(=O)N3CCCC(CNC(=O)C4CCCN4)C3)c(C)n2n1. The summed E-state index contributed by atoms with van der Waals surface area (Å²) in [5, 5.41) is 10.7. The molecule has 2 amide bonds. The summed E-state index contributed by atoms with van der Waals surface area (Å²) in [6, 6.07) is 1.85. The van der Waals surface area contributed by atoms with Gasteiger partial charge in [-0.3, -0.25) is 9.59 Å². The highest BCUT2D eigenvalue weighted by Crippen LogP contribution is 2.20. The number of hydrogen-bond donors (Lipinski definition) is 2. The molecule has 0 saturated carbocycles. The lowest BCUT2D eigenvalue weighted by molar-refractivity contribution is -0.123. The van der Waals surface area contributed by atoms with Crippen LogP contribution in [0, 0.1) is 19.8 Å². The predicted octanol–water partition coefficient (Wildman–Crippen LogP) is 1.07. The number of nitrogens with zero attached hydrogens (tertiary/aromatic N) is 4. The fraction of sp³-hybridized carbons (Fsp3) is 0.600. The summed E-state index contributed by atoms with van der Waals surface area (Å²) in [5.41, 5.74) is 3.04. The largest absolute Gasteiger partial charge is 0.354 e. The number of aromatic nitrogens is 3. The van der Waals surface area contributed by atoms with Gasteiger partial charge in [-0.25, -0.2) is 9.50 Å². The van der Waals surface area contributed by atoms with Crippen molar-refractivity contribution < 1.29 is 9.59 Å². The van der Waals surface area contributed by atoms with Gasteiger partial charge in [-0.2, -0.15) is 5.10 Å². The first kappa shape index (κ1) is 18.9. The third kappa shape index (κ3) is 3.73. The van der Waals surface area contributed by atoms with Gasteiger partial charge >= 0.3 is 0 Å². The maximum absolute atomic E-state index is 13.1. The van der Waals surface area contributed by atoms with Crippen LogP contribution in [0.4, 0.5) is 0 Å². The molecule has 2 aromatic heterocycles. The highest BCUT2D eigenvalue weighted by Gasteiger charge is 2.28. The lowest BCUT2D eigenvalue weighted by atomic mass is 9.97. The Morgan fingerprint density at radius 2 is 2.14 bits per heavy atom. The van der Waals surface area contributed by atoms with Gasteiger partial charge in [0.1, 0.15) is 0 Å². The van der Waals surface area contributed by atoms with Gasteiger partial charge in [-0.15, -0.1) is 0 Å². The monoisotopic (exact) mass is 384 g/mol. The van der Waals surface area contributed by atoms with Crippen LogP contribution in [0.2, 0.25) is 0 Å². The van der Waals surface area contributed by atoms with Crippen molar-refractivity contribution in [2.45, 2.75) is 45.6 Å². The molecule has 2 aliphatic heterocycles. The first-order valence-corrected chi connectivity index (χ1v) is 10.2. The number of piperidine rings is 1. The van der Waals surface area contributed by atoms with Crippen LogP contribution in [0.1, 0.15) is 47.4 Å². The highest BCUT2D eigenvalue weighted by atomic mass is 16.2. The lowest BCUT2D eigenvalue weighted by Gasteiger charge is -2.33. The first-order chi connectivity index (χ1) is 13.5. The first-order valence-electron chi connectivity index (χ1n) is 10.2. The van der Waals surface area contributed by atoms with Gasteiger partial charge in [0.15, 0.2) is 5.65 Å². The summed E-state index contributed by atoms with van der Waals surface area (Å²) < 4.78 is 1.73. The predicted molar refractivity (Wildman–Crippen MR) is 105 cm³/mol. The maximum Gasteiger partial charge on any atom is 0.257 e. The van der Waals surface area contributed by atoms with Gasteiger partial charge in [-0.1, -0.05) is 0 Å². The molecular weight excluding hydrogens is 356 g/mol. The Morgan fingerprint density at radius 1 is 1.29 bits per heavy atom. The minimum Gasteiger partial charge on any atom is -0.354 e. The van der Waals surface area contributed by atoms with E-state index in [0.29, 0.717) is 18.7 Å². The van der Waals surface area contributed by atoms with Crippen LogP contribution >= 0.6 is 0 Å². The van der Waals surface area contributed by atoms with Crippen LogP contribution in [-0.2, 0) is 4.79 Å². The summed E-state index contributed by atoms with van der Waals surface area (Å²) in [7, 11) is 0. The van der Waals surface area contributed by atoms with Crippen LogP contribution in [0.5, 0.6) is 0 Å². The minimum absolute atomic E-state index is 0.00598. The smallest absolute Gasteiger partial charge is 0.257 e. The van der Waals surface area contributed by atoms with E-state index in [4.69, 9.17) is 0 Å². The normalized spacial score (nSPS) is 22.6. The van der Waals surface area contributed by atoms with E-state index in [9.17, 15) is 9.59 Å². The second-order valence-electron chi connectivity index (χ2n) is 7.97. The molecule has 8 nitrogen and oxygen atoms in total. The standard InChI is InChI=1S/C20H28N6O2/c1-13-9-18-22-11-16(14(2)26(18)24-13)20(28)25-8-4-5-15(12-25)10-23-19(27)17-6-3-7-21-17/h9,11,15,17,21H,3-8,10,12H2,1-2H3,(H,23,27). The van der Waals surface area contributed by atoms with Gasteiger partial charge in [-0.05, 0) is 52.0 Å². The third-order valence-corrected chi connectivity index (χ3v) is 5.82. The topological polar surface area (TPSA) is 91.6 Å². The average molecular weight is 384 g/mol. The molecule has 8 heteroatoms. The number of hydrogen-bond acceptors (Lipinski definition) is 5. The number of fused-ring (bicyclic) bond motifs is 1. The Bertz CT molecular complexity index is 886. The summed E-state index contributed by atoms with van der Waals surface area (Å²) in [6.07, 6.45) is 5.59. The Kier molecular flexibility index (Phi) is 5.30. The van der Waals surface area contributed by atoms with Gasteiger partial charge in [0.25, 0.3) is 5.91 Å². The molecule has 2 unspecified atom stereocenters. The van der Waals surface area contributed by atoms with Gasteiger partial charge in [0.2, 0.25) is 5.91 Å². The second-order valence-corrected chi connectivity index (χ2v) is 7.97. The van der Waals surface area contributed by atoms with Crippen molar-refractivity contribution in [1.29, 1.82) is 0 Å². The molecule has 0 radical (unpaired) electrons. The number of rotatable bonds is 4. The third-order valence-electron chi connectivity index (χ3n) is 5.82. The van der Waals surface area contributed by atoms with E-state index < -0.39 is 0 Å². The van der Waals surface area contributed by atoms with Crippen LogP contribution in [0.25, 0.3) is 5.65 Å². The van der Waals surface area contributed by atoms with Crippen molar-refractivity contribution in [2.75, 3.05) is 26.2 Å². The molecule has 2 aliphatic rings. The quantitative estimate of drug-likeness (QED) is 0.823. The van der Waals surface area contributed by atoms with Crippen molar-refractivity contribution in [2.24, 2.45) is 5.92 Å². The molecule has 2 atom stereocenters. The molecule has 0 bridgehead atoms. The Hall–Kier alpha value is -2.48. The molecule has 28 heavy (non-hydrogen) atoms. The second kappa shape index (κ2) is 7.87. The molecule has 4 rings (SSSR count). The molecule has 2 aromatic rings. The van der Waals surface area contributed by atoms with E-state index in [-0.39, 0.29) is 23.8 Å². The number of carbonyl (C=O) groups is 2. The van der Waals surface area contributed by atoms with E-state index in [2.05, 4.69) is 20.7 Å². The van der Waals surface area contributed by atoms with E-state index in [1.165, 1.54) is 0 Å². The van der Waals surface area contributed by atoms with E-state index in [1.54, 1.807) is 10.7 Å². The number of carbonyl (C=O) groups excluding carboxylic acids is 2. The minimum atomic E-state index is -0.0562. The van der Waals surface area contributed by atoms with Crippen molar-refractivity contribution in [3.8, 4) is 0 Å². The Labute approximate surface area is 164 Å². The fourth-order valence-electron chi connectivity index (χ4n) is 4.24. The van der Waals surface area contributed by atoms with E-state index >= 15 is 0 Å². The molecule has 150 valence electrons. The highest BCUT2D eigenvalue weighted by molar-refractivity contribution is 5.95. The average Bonchev–Trinajstić information content (AvgIpc) is 3.36. The molecule has 4 heterocycles. The summed E-state index contributed by atoms with van der Waals surface area (Å²) >= 11 is 0. The zero-order valence-electron chi connectivity index (χ0n) is 16.6. The lowest BCUT2D eigenvalue weighted by Crippen LogP contribution is -2.46. The summed E-state index contributed by atoms with van der Waals surface area (Å²) in [5.74, 6) is 0.362. The number of aryl methyl sites for hydroxylation is 2. The summed E-state index contributed by atoms with van der Waals surface area (Å²) in [6.45, 7) is 6.76.